The van der Waals surface area contributed by atoms with Gasteiger partial charge >= 0.3 is 0 Å². The van der Waals surface area contributed by atoms with Crippen LogP contribution in [-0.2, 0) is 6.42 Å². The van der Waals surface area contributed by atoms with Crippen molar-refractivity contribution in [2.24, 2.45) is 0 Å². The first-order valence-corrected chi connectivity index (χ1v) is 7.18. The van der Waals surface area contributed by atoms with Gasteiger partial charge in [-0.25, -0.2) is 0 Å². The lowest BCUT2D eigenvalue weighted by Crippen LogP contribution is -2.26. The van der Waals surface area contributed by atoms with E-state index in [0.29, 0.717) is 12.0 Å². The van der Waals surface area contributed by atoms with E-state index >= 15 is 0 Å². The van der Waals surface area contributed by atoms with Gasteiger partial charge < -0.3 is 5.32 Å². The maximum absolute atomic E-state index is 3.48. The third-order valence-electron chi connectivity index (χ3n) is 4.32. The third-order valence-corrected chi connectivity index (χ3v) is 4.32. The fourth-order valence-electron chi connectivity index (χ4n) is 3.22. The van der Waals surface area contributed by atoms with Crippen LogP contribution < -0.4 is 5.32 Å². The van der Waals surface area contributed by atoms with Crippen molar-refractivity contribution in [1.29, 1.82) is 0 Å². The van der Waals surface area contributed by atoms with Crippen LogP contribution in [0.3, 0.4) is 0 Å². The molecule has 0 bridgehead atoms. The molecule has 1 aliphatic carbocycles. The minimum Gasteiger partial charge on any atom is -0.317 e. The van der Waals surface area contributed by atoms with Crippen molar-refractivity contribution in [3.8, 4) is 0 Å². The lowest BCUT2D eigenvalue weighted by molar-refractivity contribution is 0.482. The van der Waals surface area contributed by atoms with E-state index in [1.807, 2.05) is 0 Å². The summed E-state index contributed by atoms with van der Waals surface area (Å²) in [7, 11) is 2.09. The zero-order valence-electron chi connectivity index (χ0n) is 11.9. The van der Waals surface area contributed by atoms with E-state index in [4.69, 9.17) is 0 Å². The maximum atomic E-state index is 3.48. The molecule has 1 aliphatic rings. The summed E-state index contributed by atoms with van der Waals surface area (Å²) in [5.41, 5.74) is 4.48. The van der Waals surface area contributed by atoms with Gasteiger partial charge in [0.2, 0.25) is 0 Å². The number of aryl methyl sites for hydroxylation is 1. The van der Waals surface area contributed by atoms with Gasteiger partial charge in [-0.15, -0.1) is 12.4 Å². The van der Waals surface area contributed by atoms with Crippen molar-refractivity contribution in [3.05, 3.63) is 71.3 Å². The monoisotopic (exact) mass is 287 g/mol. The molecule has 0 spiro atoms. The Morgan fingerprint density at radius 3 is 2.40 bits per heavy atom. The number of halogens is 1. The topological polar surface area (TPSA) is 12.0 Å². The number of hydrogen-bond acceptors (Lipinski definition) is 1. The van der Waals surface area contributed by atoms with E-state index in [-0.39, 0.29) is 12.4 Å². The van der Waals surface area contributed by atoms with Gasteiger partial charge in [-0.3, -0.25) is 0 Å². The molecular formula is C18H22ClN. The zero-order chi connectivity index (χ0) is 13.1. The van der Waals surface area contributed by atoms with E-state index in [1.54, 1.807) is 0 Å². The first kappa shape index (κ1) is 15.1. The fraction of sp³-hybridized carbons (Fsp3) is 0.333. The zero-order valence-corrected chi connectivity index (χ0v) is 12.7. The summed E-state index contributed by atoms with van der Waals surface area (Å²) in [4.78, 5) is 0. The Kier molecular flexibility index (Phi) is 5.22. The number of rotatable bonds is 2. The molecule has 0 saturated heterocycles. The van der Waals surface area contributed by atoms with Crippen molar-refractivity contribution in [3.63, 3.8) is 0 Å². The van der Waals surface area contributed by atoms with Gasteiger partial charge in [0.25, 0.3) is 0 Å². The molecule has 0 fully saturated rings. The Morgan fingerprint density at radius 1 is 0.950 bits per heavy atom. The molecule has 1 N–H and O–H groups in total. The molecule has 0 radical (unpaired) electrons. The molecule has 2 atom stereocenters. The number of nitrogens with one attached hydrogen (secondary N) is 1. The predicted octanol–water partition coefficient (Wildman–Crippen LogP) is 4.16. The molecule has 0 aliphatic heterocycles. The van der Waals surface area contributed by atoms with Crippen molar-refractivity contribution < 1.29 is 0 Å². The molecule has 0 heterocycles. The van der Waals surface area contributed by atoms with Gasteiger partial charge in [0.05, 0.1) is 0 Å². The van der Waals surface area contributed by atoms with E-state index < -0.39 is 0 Å². The Balaban J connectivity index is 0.00000147. The van der Waals surface area contributed by atoms with Gasteiger partial charge in [0.15, 0.2) is 0 Å². The van der Waals surface area contributed by atoms with Gasteiger partial charge in [-0.1, -0.05) is 54.6 Å². The highest BCUT2D eigenvalue weighted by Gasteiger charge is 2.24. The van der Waals surface area contributed by atoms with Crippen LogP contribution in [0.5, 0.6) is 0 Å². The van der Waals surface area contributed by atoms with Crippen molar-refractivity contribution in [2.75, 3.05) is 7.05 Å². The van der Waals surface area contributed by atoms with E-state index in [0.717, 1.165) is 0 Å². The summed E-state index contributed by atoms with van der Waals surface area (Å²) in [5.74, 6) is 0.525. The summed E-state index contributed by atoms with van der Waals surface area (Å²) < 4.78 is 0. The summed E-state index contributed by atoms with van der Waals surface area (Å²) in [5, 5.41) is 3.48. The Bertz CT molecular complexity index is 538. The van der Waals surface area contributed by atoms with Gasteiger partial charge in [0, 0.05) is 12.0 Å². The molecule has 0 saturated carbocycles. The quantitative estimate of drug-likeness (QED) is 0.818. The van der Waals surface area contributed by atoms with E-state index in [1.165, 1.54) is 36.0 Å². The van der Waals surface area contributed by atoms with Crippen LogP contribution in [0.25, 0.3) is 0 Å². The lowest BCUT2D eigenvalue weighted by Gasteiger charge is -2.21. The number of fused-ring (bicyclic) bond motifs is 1. The van der Waals surface area contributed by atoms with E-state index in [9.17, 15) is 0 Å². The average molecular weight is 288 g/mol. The Labute approximate surface area is 127 Å². The lowest BCUT2D eigenvalue weighted by atomic mass is 9.86. The van der Waals surface area contributed by atoms with Crippen LogP contribution in [0.1, 0.15) is 35.4 Å². The van der Waals surface area contributed by atoms with Crippen LogP contribution >= 0.6 is 12.4 Å². The van der Waals surface area contributed by atoms with Crippen LogP contribution in [0.15, 0.2) is 54.6 Å². The summed E-state index contributed by atoms with van der Waals surface area (Å²) in [6, 6.07) is 20.5. The molecule has 2 unspecified atom stereocenters. The summed E-state index contributed by atoms with van der Waals surface area (Å²) >= 11 is 0. The molecular weight excluding hydrogens is 266 g/mol. The maximum Gasteiger partial charge on any atom is 0.0107 e. The molecule has 20 heavy (non-hydrogen) atoms. The first-order chi connectivity index (χ1) is 9.38. The molecule has 0 amide bonds. The highest BCUT2D eigenvalue weighted by molar-refractivity contribution is 5.85. The van der Waals surface area contributed by atoms with Crippen molar-refractivity contribution in [1.82, 2.24) is 5.32 Å². The second kappa shape index (κ2) is 6.92. The standard InChI is InChI=1S/C18H21N.ClH/c1-19-16-12-11-15-9-5-6-10-17(15)18(13-16)14-7-3-2-4-8-14;/h2-10,16,18-19H,11-13H2,1H3;1H. The van der Waals surface area contributed by atoms with Crippen molar-refractivity contribution >= 4 is 12.4 Å². The molecule has 2 aromatic carbocycles. The Hall–Kier alpha value is -1.31. The van der Waals surface area contributed by atoms with Gasteiger partial charge in [0.1, 0.15) is 0 Å². The highest BCUT2D eigenvalue weighted by atomic mass is 35.5. The Morgan fingerprint density at radius 2 is 1.65 bits per heavy atom. The van der Waals surface area contributed by atoms with Crippen LogP contribution in [0.4, 0.5) is 0 Å². The smallest absolute Gasteiger partial charge is 0.0107 e. The average Bonchev–Trinajstić information content (AvgIpc) is 2.68. The molecule has 3 rings (SSSR count). The third kappa shape index (κ3) is 3.05. The van der Waals surface area contributed by atoms with Crippen LogP contribution in [0.2, 0.25) is 0 Å². The van der Waals surface area contributed by atoms with Crippen molar-refractivity contribution in [2.45, 2.75) is 31.2 Å². The second-order valence-electron chi connectivity index (χ2n) is 5.42. The highest BCUT2D eigenvalue weighted by Crippen LogP contribution is 2.35. The number of benzene rings is 2. The van der Waals surface area contributed by atoms with Crippen LogP contribution in [0, 0.1) is 0 Å². The molecule has 1 nitrogen and oxygen atoms in total. The molecule has 2 aromatic rings. The summed E-state index contributed by atoms with van der Waals surface area (Å²) in [6.45, 7) is 0. The van der Waals surface area contributed by atoms with Crippen LogP contribution in [-0.4, -0.2) is 13.1 Å². The number of hydrogen-bond donors (Lipinski definition) is 1. The normalized spacial score (nSPS) is 21.4. The molecule has 0 aromatic heterocycles. The second-order valence-corrected chi connectivity index (χ2v) is 5.42. The van der Waals surface area contributed by atoms with Gasteiger partial charge in [-0.2, -0.15) is 0 Å². The fourth-order valence-corrected chi connectivity index (χ4v) is 3.22. The largest absolute Gasteiger partial charge is 0.317 e. The molecule has 106 valence electrons. The minimum atomic E-state index is 0. The SMILES string of the molecule is CNC1CCc2ccccc2C(c2ccccc2)C1.Cl. The predicted molar refractivity (Wildman–Crippen MR) is 87.8 cm³/mol. The minimum absolute atomic E-state index is 0. The summed E-state index contributed by atoms with van der Waals surface area (Å²) in [6.07, 6.45) is 3.61. The first-order valence-electron chi connectivity index (χ1n) is 7.18. The van der Waals surface area contributed by atoms with Gasteiger partial charge in [-0.05, 0) is 43.0 Å². The van der Waals surface area contributed by atoms with E-state index in [2.05, 4.69) is 67.0 Å². The molecule has 2 heteroatoms.